The SMILES string of the molecule is CCCCCCNc1nc(N)nc2ccccc12. The van der Waals surface area contributed by atoms with Crippen LogP contribution in [-0.2, 0) is 0 Å². The van der Waals surface area contributed by atoms with E-state index in [-0.39, 0.29) is 0 Å². The molecule has 4 nitrogen and oxygen atoms in total. The topological polar surface area (TPSA) is 63.8 Å². The van der Waals surface area contributed by atoms with Crippen LogP contribution in [-0.4, -0.2) is 16.5 Å². The van der Waals surface area contributed by atoms with E-state index < -0.39 is 0 Å². The fourth-order valence-corrected chi connectivity index (χ4v) is 1.99. The van der Waals surface area contributed by atoms with Gasteiger partial charge in [-0.2, -0.15) is 4.98 Å². The minimum Gasteiger partial charge on any atom is -0.369 e. The maximum atomic E-state index is 5.71. The molecule has 2 rings (SSSR count). The summed E-state index contributed by atoms with van der Waals surface area (Å²) < 4.78 is 0. The van der Waals surface area contributed by atoms with Crippen molar-refractivity contribution in [2.45, 2.75) is 32.6 Å². The Morgan fingerprint density at radius 3 is 2.78 bits per heavy atom. The second-order valence-corrected chi connectivity index (χ2v) is 4.43. The van der Waals surface area contributed by atoms with Gasteiger partial charge in [-0.15, -0.1) is 0 Å². The van der Waals surface area contributed by atoms with Crippen LogP contribution in [0.25, 0.3) is 10.9 Å². The van der Waals surface area contributed by atoms with Crippen LogP contribution < -0.4 is 11.1 Å². The highest BCUT2D eigenvalue weighted by Gasteiger charge is 2.04. The van der Waals surface area contributed by atoms with Gasteiger partial charge >= 0.3 is 0 Å². The van der Waals surface area contributed by atoms with E-state index >= 15 is 0 Å². The molecule has 0 bridgehead atoms. The summed E-state index contributed by atoms with van der Waals surface area (Å²) in [6, 6.07) is 7.92. The summed E-state index contributed by atoms with van der Waals surface area (Å²) >= 11 is 0. The van der Waals surface area contributed by atoms with Crippen molar-refractivity contribution in [3.63, 3.8) is 0 Å². The number of unbranched alkanes of at least 4 members (excludes halogenated alkanes) is 3. The van der Waals surface area contributed by atoms with E-state index in [0.717, 1.165) is 29.7 Å². The Morgan fingerprint density at radius 1 is 1.11 bits per heavy atom. The Hall–Kier alpha value is -1.84. The first-order chi connectivity index (χ1) is 8.81. The highest BCUT2D eigenvalue weighted by Crippen LogP contribution is 2.20. The molecular formula is C14H20N4. The van der Waals surface area contributed by atoms with Crippen LogP contribution in [0.4, 0.5) is 11.8 Å². The van der Waals surface area contributed by atoms with Gasteiger partial charge in [0.05, 0.1) is 5.52 Å². The number of nitrogens with two attached hydrogens (primary N) is 1. The summed E-state index contributed by atoms with van der Waals surface area (Å²) in [7, 11) is 0. The van der Waals surface area contributed by atoms with E-state index in [1.807, 2.05) is 24.3 Å². The maximum absolute atomic E-state index is 5.71. The molecule has 0 saturated carbocycles. The molecule has 96 valence electrons. The van der Waals surface area contributed by atoms with E-state index in [2.05, 4.69) is 22.2 Å². The van der Waals surface area contributed by atoms with Crippen molar-refractivity contribution in [3.8, 4) is 0 Å². The van der Waals surface area contributed by atoms with E-state index in [9.17, 15) is 0 Å². The lowest BCUT2D eigenvalue weighted by atomic mass is 10.2. The molecule has 0 saturated heterocycles. The molecule has 0 unspecified atom stereocenters. The third kappa shape index (κ3) is 3.09. The van der Waals surface area contributed by atoms with Crippen LogP contribution in [0.5, 0.6) is 0 Å². The van der Waals surface area contributed by atoms with Crippen LogP contribution in [0.15, 0.2) is 24.3 Å². The Bertz CT molecular complexity index is 510. The first-order valence-corrected chi connectivity index (χ1v) is 6.57. The van der Waals surface area contributed by atoms with Crippen LogP contribution in [0.1, 0.15) is 32.6 Å². The zero-order valence-corrected chi connectivity index (χ0v) is 10.8. The molecule has 0 aliphatic rings. The van der Waals surface area contributed by atoms with E-state index in [1.165, 1.54) is 19.3 Å². The fraction of sp³-hybridized carbons (Fsp3) is 0.429. The van der Waals surface area contributed by atoms with Gasteiger partial charge in [-0.3, -0.25) is 0 Å². The summed E-state index contributed by atoms with van der Waals surface area (Å²) in [5, 5.41) is 4.39. The number of nitrogens with zero attached hydrogens (tertiary/aromatic N) is 2. The number of benzene rings is 1. The van der Waals surface area contributed by atoms with Gasteiger partial charge in [0.2, 0.25) is 5.95 Å². The third-order valence-electron chi connectivity index (χ3n) is 2.94. The smallest absolute Gasteiger partial charge is 0.222 e. The van der Waals surface area contributed by atoms with Crippen molar-refractivity contribution in [1.82, 2.24) is 9.97 Å². The lowest BCUT2D eigenvalue weighted by molar-refractivity contribution is 0.684. The van der Waals surface area contributed by atoms with E-state index in [0.29, 0.717) is 5.95 Å². The molecule has 0 aliphatic heterocycles. The zero-order chi connectivity index (χ0) is 12.8. The van der Waals surface area contributed by atoms with Crippen molar-refractivity contribution in [2.24, 2.45) is 0 Å². The monoisotopic (exact) mass is 244 g/mol. The number of hydrogen-bond donors (Lipinski definition) is 2. The first-order valence-electron chi connectivity index (χ1n) is 6.57. The molecule has 4 heteroatoms. The van der Waals surface area contributed by atoms with E-state index in [4.69, 9.17) is 5.73 Å². The normalized spacial score (nSPS) is 10.7. The number of fused-ring (bicyclic) bond motifs is 1. The summed E-state index contributed by atoms with van der Waals surface area (Å²) in [6.07, 6.45) is 4.95. The second-order valence-electron chi connectivity index (χ2n) is 4.43. The minimum absolute atomic E-state index is 0.324. The average Bonchev–Trinajstić information content (AvgIpc) is 2.38. The van der Waals surface area contributed by atoms with Gasteiger partial charge in [-0.1, -0.05) is 38.3 Å². The number of para-hydroxylation sites is 1. The largest absolute Gasteiger partial charge is 0.369 e. The van der Waals surface area contributed by atoms with Gasteiger partial charge < -0.3 is 11.1 Å². The van der Waals surface area contributed by atoms with Crippen LogP contribution in [0, 0.1) is 0 Å². The fourth-order valence-electron chi connectivity index (χ4n) is 1.99. The molecule has 1 heterocycles. The average molecular weight is 244 g/mol. The second kappa shape index (κ2) is 6.19. The molecule has 1 aromatic carbocycles. The van der Waals surface area contributed by atoms with Crippen molar-refractivity contribution in [1.29, 1.82) is 0 Å². The molecule has 0 atom stereocenters. The van der Waals surface area contributed by atoms with Gasteiger partial charge in [-0.05, 0) is 18.6 Å². The van der Waals surface area contributed by atoms with Gasteiger partial charge in [0.1, 0.15) is 5.82 Å². The standard InChI is InChI=1S/C14H20N4/c1-2-3-4-7-10-16-13-11-8-5-6-9-12(11)17-14(15)18-13/h5-6,8-9H,2-4,7,10H2,1H3,(H3,15,16,17,18). The highest BCUT2D eigenvalue weighted by atomic mass is 15.1. The Morgan fingerprint density at radius 2 is 1.94 bits per heavy atom. The minimum atomic E-state index is 0.324. The van der Waals surface area contributed by atoms with Crippen LogP contribution >= 0.6 is 0 Å². The molecule has 1 aromatic heterocycles. The molecule has 18 heavy (non-hydrogen) atoms. The Kier molecular flexibility index (Phi) is 4.34. The number of nitrogens with one attached hydrogen (secondary N) is 1. The number of rotatable bonds is 6. The van der Waals surface area contributed by atoms with Crippen molar-refractivity contribution >= 4 is 22.7 Å². The summed E-state index contributed by atoms with van der Waals surface area (Å²) in [6.45, 7) is 3.15. The number of anilines is 2. The van der Waals surface area contributed by atoms with Gasteiger partial charge in [-0.25, -0.2) is 4.98 Å². The van der Waals surface area contributed by atoms with Crippen LogP contribution in [0.2, 0.25) is 0 Å². The molecule has 0 spiro atoms. The van der Waals surface area contributed by atoms with Crippen molar-refractivity contribution in [3.05, 3.63) is 24.3 Å². The van der Waals surface area contributed by atoms with Gasteiger partial charge in [0.25, 0.3) is 0 Å². The predicted octanol–water partition coefficient (Wildman–Crippen LogP) is 3.20. The molecule has 2 aromatic rings. The van der Waals surface area contributed by atoms with Gasteiger partial charge in [0.15, 0.2) is 0 Å². The van der Waals surface area contributed by atoms with Gasteiger partial charge in [0, 0.05) is 11.9 Å². The number of hydrogen-bond acceptors (Lipinski definition) is 4. The molecule has 0 radical (unpaired) electrons. The molecular weight excluding hydrogens is 224 g/mol. The van der Waals surface area contributed by atoms with E-state index in [1.54, 1.807) is 0 Å². The number of aromatic nitrogens is 2. The van der Waals surface area contributed by atoms with Crippen molar-refractivity contribution in [2.75, 3.05) is 17.6 Å². The quantitative estimate of drug-likeness (QED) is 0.766. The number of nitrogen functional groups attached to an aromatic ring is 1. The predicted molar refractivity (Wildman–Crippen MR) is 76.6 cm³/mol. The Labute approximate surface area is 108 Å². The molecule has 0 amide bonds. The summed E-state index contributed by atoms with van der Waals surface area (Å²) in [5.74, 6) is 1.17. The first kappa shape index (κ1) is 12.6. The molecule has 0 fully saturated rings. The summed E-state index contributed by atoms with van der Waals surface area (Å²) in [5.41, 5.74) is 6.60. The Balaban J connectivity index is 2.07. The lowest BCUT2D eigenvalue weighted by Crippen LogP contribution is -2.06. The third-order valence-corrected chi connectivity index (χ3v) is 2.94. The highest BCUT2D eigenvalue weighted by molar-refractivity contribution is 5.89. The molecule has 0 aliphatic carbocycles. The summed E-state index contributed by atoms with van der Waals surface area (Å²) in [4.78, 5) is 8.50. The van der Waals surface area contributed by atoms with Crippen molar-refractivity contribution < 1.29 is 0 Å². The lowest BCUT2D eigenvalue weighted by Gasteiger charge is -2.09. The maximum Gasteiger partial charge on any atom is 0.222 e. The molecule has 3 N–H and O–H groups in total. The zero-order valence-electron chi connectivity index (χ0n) is 10.8. The van der Waals surface area contributed by atoms with Crippen LogP contribution in [0.3, 0.4) is 0 Å².